The van der Waals surface area contributed by atoms with Crippen LogP contribution in [0.25, 0.3) is 0 Å². The van der Waals surface area contributed by atoms with Crippen LogP contribution in [-0.4, -0.2) is 44.1 Å². The number of nitrogens with one attached hydrogen (secondary N) is 1. The fourth-order valence-electron chi connectivity index (χ4n) is 2.39. The molecule has 1 aliphatic heterocycles. The third-order valence-corrected chi connectivity index (χ3v) is 4.21. The van der Waals surface area contributed by atoms with Crippen molar-refractivity contribution in [3.8, 4) is 5.75 Å². The van der Waals surface area contributed by atoms with Crippen molar-refractivity contribution in [3.05, 3.63) is 28.2 Å². The van der Waals surface area contributed by atoms with Gasteiger partial charge in [0.25, 0.3) is 0 Å². The largest absolute Gasteiger partial charge is 0.490 e. The summed E-state index contributed by atoms with van der Waals surface area (Å²) in [5, 5.41) is 13.2. The Morgan fingerprint density at radius 3 is 3.10 bits per heavy atom. The third-order valence-electron chi connectivity index (χ3n) is 3.59. The van der Waals surface area contributed by atoms with Crippen LogP contribution in [0.2, 0.25) is 0 Å². The minimum absolute atomic E-state index is 0.288. The molecular weight excluding hydrogens is 334 g/mol. The van der Waals surface area contributed by atoms with E-state index in [-0.39, 0.29) is 6.61 Å². The fraction of sp³-hybridized carbons (Fsp3) is 0.625. The molecule has 4 nitrogen and oxygen atoms in total. The first-order valence-corrected chi connectivity index (χ1v) is 8.30. The van der Waals surface area contributed by atoms with Crippen LogP contribution in [0.15, 0.2) is 22.7 Å². The molecule has 2 rings (SSSR count). The lowest BCUT2D eigenvalue weighted by atomic mass is 10.0. The van der Waals surface area contributed by atoms with Crippen molar-refractivity contribution < 1.29 is 14.6 Å². The molecular formula is C16H24BrNO3. The Labute approximate surface area is 135 Å². The summed E-state index contributed by atoms with van der Waals surface area (Å²) in [5.74, 6) is 1.33. The van der Waals surface area contributed by atoms with E-state index in [1.165, 1.54) is 12.0 Å². The molecule has 0 aromatic heterocycles. The Bertz CT molecular complexity index is 436. The van der Waals surface area contributed by atoms with Crippen LogP contribution in [0.1, 0.15) is 18.4 Å². The highest BCUT2D eigenvalue weighted by Crippen LogP contribution is 2.25. The summed E-state index contributed by atoms with van der Waals surface area (Å²) in [6.45, 7) is 5.47. The summed E-state index contributed by atoms with van der Waals surface area (Å²) in [7, 11) is 0. The average Bonchev–Trinajstić information content (AvgIpc) is 2.47. The van der Waals surface area contributed by atoms with E-state index in [0.29, 0.717) is 12.5 Å². The summed E-state index contributed by atoms with van der Waals surface area (Å²) in [6, 6.07) is 5.91. The van der Waals surface area contributed by atoms with Gasteiger partial charge in [0.1, 0.15) is 18.5 Å². The minimum atomic E-state index is -0.511. The molecule has 118 valence electrons. The van der Waals surface area contributed by atoms with Gasteiger partial charge in [-0.25, -0.2) is 0 Å². The molecule has 1 aliphatic rings. The SMILES string of the molecule is Cc1ccc(OCC(O)CNCC2CCCOC2)c(Br)c1. The Hall–Kier alpha value is -0.620. The highest BCUT2D eigenvalue weighted by atomic mass is 79.9. The van der Waals surface area contributed by atoms with E-state index < -0.39 is 6.10 Å². The number of aliphatic hydroxyl groups is 1. The molecule has 1 heterocycles. The molecule has 1 aromatic rings. The van der Waals surface area contributed by atoms with Gasteiger partial charge in [0.2, 0.25) is 0 Å². The van der Waals surface area contributed by atoms with Gasteiger partial charge < -0.3 is 19.9 Å². The summed E-state index contributed by atoms with van der Waals surface area (Å²) in [4.78, 5) is 0. The Balaban J connectivity index is 1.63. The van der Waals surface area contributed by atoms with Gasteiger partial charge in [0.05, 0.1) is 11.1 Å². The van der Waals surface area contributed by atoms with Gasteiger partial charge in [-0.3, -0.25) is 0 Å². The van der Waals surface area contributed by atoms with Crippen molar-refractivity contribution in [1.29, 1.82) is 0 Å². The van der Waals surface area contributed by atoms with Crippen LogP contribution in [0.5, 0.6) is 5.75 Å². The van der Waals surface area contributed by atoms with Gasteiger partial charge in [-0.2, -0.15) is 0 Å². The maximum atomic E-state index is 9.95. The number of hydrogen-bond donors (Lipinski definition) is 2. The second kappa shape index (κ2) is 8.73. The van der Waals surface area contributed by atoms with Crippen LogP contribution in [0, 0.1) is 12.8 Å². The fourth-order valence-corrected chi connectivity index (χ4v) is 3.00. The number of halogens is 1. The van der Waals surface area contributed by atoms with Crippen molar-refractivity contribution in [2.45, 2.75) is 25.9 Å². The lowest BCUT2D eigenvalue weighted by molar-refractivity contribution is 0.0515. The molecule has 0 saturated carbocycles. The molecule has 0 radical (unpaired) electrons. The normalized spacial score (nSPS) is 20.2. The van der Waals surface area contributed by atoms with Gasteiger partial charge in [-0.1, -0.05) is 6.07 Å². The topological polar surface area (TPSA) is 50.7 Å². The highest BCUT2D eigenvalue weighted by molar-refractivity contribution is 9.10. The van der Waals surface area contributed by atoms with Crippen molar-refractivity contribution in [1.82, 2.24) is 5.32 Å². The van der Waals surface area contributed by atoms with E-state index in [1.54, 1.807) is 0 Å². The second-order valence-corrected chi connectivity index (χ2v) is 6.49. The smallest absolute Gasteiger partial charge is 0.133 e. The molecule has 0 bridgehead atoms. The zero-order valence-corrected chi connectivity index (χ0v) is 14.1. The average molecular weight is 358 g/mol. The van der Waals surface area contributed by atoms with Gasteiger partial charge in [0.15, 0.2) is 0 Å². The molecule has 2 N–H and O–H groups in total. The summed E-state index contributed by atoms with van der Waals surface area (Å²) in [6.07, 6.45) is 1.83. The Morgan fingerprint density at radius 1 is 1.52 bits per heavy atom. The molecule has 2 atom stereocenters. The van der Waals surface area contributed by atoms with Crippen molar-refractivity contribution >= 4 is 15.9 Å². The number of ether oxygens (including phenoxy) is 2. The monoisotopic (exact) mass is 357 g/mol. The zero-order valence-electron chi connectivity index (χ0n) is 12.5. The molecule has 0 amide bonds. The van der Waals surface area contributed by atoms with Crippen molar-refractivity contribution in [2.24, 2.45) is 5.92 Å². The lowest BCUT2D eigenvalue weighted by Crippen LogP contribution is -2.36. The first-order chi connectivity index (χ1) is 10.1. The number of aliphatic hydroxyl groups excluding tert-OH is 1. The van der Waals surface area contributed by atoms with E-state index in [0.717, 1.165) is 36.4 Å². The quantitative estimate of drug-likeness (QED) is 0.787. The van der Waals surface area contributed by atoms with Crippen LogP contribution < -0.4 is 10.1 Å². The summed E-state index contributed by atoms with van der Waals surface area (Å²) < 4.78 is 12.0. The van der Waals surface area contributed by atoms with Crippen LogP contribution in [-0.2, 0) is 4.74 Å². The maximum Gasteiger partial charge on any atom is 0.133 e. The lowest BCUT2D eigenvalue weighted by Gasteiger charge is -2.23. The van der Waals surface area contributed by atoms with Gasteiger partial charge in [-0.15, -0.1) is 0 Å². The molecule has 0 aliphatic carbocycles. The molecule has 0 spiro atoms. The van der Waals surface area contributed by atoms with E-state index >= 15 is 0 Å². The van der Waals surface area contributed by atoms with E-state index in [4.69, 9.17) is 9.47 Å². The number of rotatable bonds is 7. The van der Waals surface area contributed by atoms with Gasteiger partial charge in [-0.05, 0) is 59.3 Å². The van der Waals surface area contributed by atoms with E-state index in [9.17, 15) is 5.11 Å². The van der Waals surface area contributed by atoms with E-state index in [1.807, 2.05) is 25.1 Å². The van der Waals surface area contributed by atoms with E-state index in [2.05, 4.69) is 21.2 Å². The number of aryl methyl sites for hydroxylation is 1. The van der Waals surface area contributed by atoms with Crippen LogP contribution >= 0.6 is 15.9 Å². The Kier molecular flexibility index (Phi) is 6.96. The molecule has 1 fully saturated rings. The summed E-state index contributed by atoms with van der Waals surface area (Å²) >= 11 is 3.47. The molecule has 2 unspecified atom stereocenters. The highest BCUT2D eigenvalue weighted by Gasteiger charge is 2.14. The molecule has 1 aromatic carbocycles. The van der Waals surface area contributed by atoms with Crippen molar-refractivity contribution in [2.75, 3.05) is 32.9 Å². The maximum absolute atomic E-state index is 9.95. The minimum Gasteiger partial charge on any atom is -0.490 e. The first-order valence-electron chi connectivity index (χ1n) is 7.50. The number of hydrogen-bond acceptors (Lipinski definition) is 4. The van der Waals surface area contributed by atoms with Gasteiger partial charge >= 0.3 is 0 Å². The predicted octanol–water partition coefficient (Wildman–Crippen LogP) is 2.51. The summed E-state index contributed by atoms with van der Waals surface area (Å²) in [5.41, 5.74) is 1.17. The standard InChI is InChI=1S/C16H24BrNO3/c1-12-4-5-16(15(17)7-12)21-11-14(19)9-18-8-13-3-2-6-20-10-13/h4-5,7,13-14,18-19H,2-3,6,8-11H2,1H3. The van der Waals surface area contributed by atoms with Crippen LogP contribution in [0.3, 0.4) is 0 Å². The zero-order chi connectivity index (χ0) is 15.1. The third kappa shape index (κ3) is 5.94. The number of benzene rings is 1. The molecule has 1 saturated heterocycles. The first kappa shape index (κ1) is 16.7. The predicted molar refractivity (Wildman–Crippen MR) is 86.8 cm³/mol. The van der Waals surface area contributed by atoms with Crippen LogP contribution in [0.4, 0.5) is 0 Å². The second-order valence-electron chi connectivity index (χ2n) is 5.64. The van der Waals surface area contributed by atoms with Gasteiger partial charge in [0, 0.05) is 19.7 Å². The molecule has 21 heavy (non-hydrogen) atoms. The van der Waals surface area contributed by atoms with Crippen molar-refractivity contribution in [3.63, 3.8) is 0 Å². The Morgan fingerprint density at radius 2 is 2.38 bits per heavy atom. The molecule has 5 heteroatoms.